The predicted octanol–water partition coefficient (Wildman–Crippen LogP) is 2.95. The quantitative estimate of drug-likeness (QED) is 0.768. The number of aryl methyl sites for hydroxylation is 1. The Kier molecular flexibility index (Phi) is 6.42. The first kappa shape index (κ1) is 17.9. The van der Waals surface area contributed by atoms with Crippen LogP contribution in [0, 0.1) is 6.92 Å². The van der Waals surface area contributed by atoms with Crippen LogP contribution in [0.4, 0.5) is 0 Å². The third-order valence-electron chi connectivity index (χ3n) is 4.86. The van der Waals surface area contributed by atoms with Gasteiger partial charge in [-0.2, -0.15) is 0 Å². The number of likely N-dealkylation sites (tertiary alicyclic amines) is 1. The summed E-state index contributed by atoms with van der Waals surface area (Å²) in [5, 5.41) is 5.08. The van der Waals surface area contributed by atoms with Gasteiger partial charge in [-0.25, -0.2) is 0 Å². The highest BCUT2D eigenvalue weighted by molar-refractivity contribution is 7.11. The van der Waals surface area contributed by atoms with Gasteiger partial charge in [0.05, 0.1) is 13.1 Å². The maximum Gasteiger partial charge on any atom is 0.244 e. The van der Waals surface area contributed by atoms with Crippen molar-refractivity contribution in [3.8, 4) is 0 Å². The van der Waals surface area contributed by atoms with Gasteiger partial charge in [0.15, 0.2) is 0 Å². The van der Waals surface area contributed by atoms with E-state index in [-0.39, 0.29) is 5.91 Å². The largest absolute Gasteiger partial charge is 0.348 e. The first-order chi connectivity index (χ1) is 12.2. The molecule has 4 heteroatoms. The van der Waals surface area contributed by atoms with Crippen LogP contribution < -0.4 is 10.2 Å². The van der Waals surface area contributed by atoms with E-state index in [2.05, 4.69) is 42.6 Å². The van der Waals surface area contributed by atoms with Crippen molar-refractivity contribution >= 4 is 23.3 Å². The van der Waals surface area contributed by atoms with Gasteiger partial charge in [-0.1, -0.05) is 24.3 Å². The molecule has 2 N–H and O–H groups in total. The standard InChI is InChI=1S/C21H26N2OS/c1-17-11-14-25-20(17)9-10-21(24)22-15-18-7-3-4-8-19(18)16-23-12-5-2-6-13-23/h3-4,7-11,14H,2,5-6,12-13,15-16H2,1H3,(H,22,24)/p+1/b10-9+. The van der Waals surface area contributed by atoms with Gasteiger partial charge in [0, 0.05) is 23.1 Å². The summed E-state index contributed by atoms with van der Waals surface area (Å²) in [6.07, 6.45) is 7.58. The normalized spacial score (nSPS) is 15.6. The lowest BCUT2D eigenvalue weighted by molar-refractivity contribution is -0.918. The molecule has 2 aromatic rings. The lowest BCUT2D eigenvalue weighted by Gasteiger charge is -2.24. The summed E-state index contributed by atoms with van der Waals surface area (Å²) in [6.45, 7) is 6.26. The molecule has 0 aliphatic carbocycles. The van der Waals surface area contributed by atoms with Gasteiger partial charge in [-0.15, -0.1) is 11.3 Å². The molecule has 0 bridgehead atoms. The van der Waals surface area contributed by atoms with E-state index < -0.39 is 0 Å². The topological polar surface area (TPSA) is 33.5 Å². The molecule has 3 rings (SSSR count). The zero-order valence-electron chi connectivity index (χ0n) is 14.9. The minimum absolute atomic E-state index is 0.0343. The van der Waals surface area contributed by atoms with Gasteiger partial charge in [-0.05, 0) is 54.8 Å². The van der Waals surface area contributed by atoms with Crippen LogP contribution in [0.1, 0.15) is 40.8 Å². The number of quaternary nitrogens is 1. The summed E-state index contributed by atoms with van der Waals surface area (Å²) < 4.78 is 0. The second kappa shape index (κ2) is 8.97. The molecule has 0 atom stereocenters. The van der Waals surface area contributed by atoms with Crippen LogP contribution in [0.25, 0.3) is 6.08 Å². The van der Waals surface area contributed by atoms with Crippen molar-refractivity contribution in [1.29, 1.82) is 0 Å². The Morgan fingerprint density at radius 2 is 1.92 bits per heavy atom. The van der Waals surface area contributed by atoms with E-state index in [9.17, 15) is 4.79 Å². The molecule has 132 valence electrons. The number of hydrogen-bond donors (Lipinski definition) is 2. The molecule has 1 amide bonds. The predicted molar refractivity (Wildman–Crippen MR) is 105 cm³/mol. The molecule has 2 heterocycles. The van der Waals surface area contributed by atoms with E-state index >= 15 is 0 Å². The van der Waals surface area contributed by atoms with E-state index in [1.165, 1.54) is 49.0 Å². The van der Waals surface area contributed by atoms with Gasteiger partial charge in [0.25, 0.3) is 0 Å². The lowest BCUT2D eigenvalue weighted by atomic mass is 10.0. The fourth-order valence-corrected chi connectivity index (χ4v) is 4.17. The third kappa shape index (κ3) is 5.28. The molecule has 25 heavy (non-hydrogen) atoms. The van der Waals surface area contributed by atoms with E-state index in [0.717, 1.165) is 11.4 Å². The average molecular weight is 356 g/mol. The molecule has 0 spiro atoms. The number of rotatable bonds is 6. The van der Waals surface area contributed by atoms with Crippen LogP contribution in [0.3, 0.4) is 0 Å². The first-order valence-corrected chi connectivity index (χ1v) is 10.0. The molecule has 3 nitrogen and oxygen atoms in total. The Bertz CT molecular complexity index is 729. The highest BCUT2D eigenvalue weighted by Crippen LogP contribution is 2.16. The number of piperidine rings is 1. The smallest absolute Gasteiger partial charge is 0.244 e. The summed E-state index contributed by atoms with van der Waals surface area (Å²) in [5.41, 5.74) is 3.80. The summed E-state index contributed by atoms with van der Waals surface area (Å²) in [5.74, 6) is -0.0343. The van der Waals surface area contributed by atoms with Crippen molar-refractivity contribution in [2.24, 2.45) is 0 Å². The molecule has 1 saturated heterocycles. The second-order valence-electron chi connectivity index (χ2n) is 6.78. The van der Waals surface area contributed by atoms with Crippen LogP contribution in [0.2, 0.25) is 0 Å². The minimum Gasteiger partial charge on any atom is -0.348 e. The van der Waals surface area contributed by atoms with Gasteiger partial charge in [0.1, 0.15) is 6.54 Å². The van der Waals surface area contributed by atoms with Crippen LogP contribution >= 0.6 is 11.3 Å². The Hall–Kier alpha value is -1.91. The molecule has 0 unspecified atom stereocenters. The van der Waals surface area contributed by atoms with Crippen molar-refractivity contribution in [3.63, 3.8) is 0 Å². The monoisotopic (exact) mass is 355 g/mol. The van der Waals surface area contributed by atoms with Gasteiger partial charge < -0.3 is 10.2 Å². The fourth-order valence-electron chi connectivity index (χ4n) is 3.35. The van der Waals surface area contributed by atoms with Crippen LogP contribution in [0.15, 0.2) is 41.8 Å². The van der Waals surface area contributed by atoms with Gasteiger partial charge >= 0.3 is 0 Å². The van der Waals surface area contributed by atoms with Crippen LogP contribution in [-0.4, -0.2) is 19.0 Å². The Balaban J connectivity index is 1.56. The number of hydrogen-bond acceptors (Lipinski definition) is 2. The number of amides is 1. The van der Waals surface area contributed by atoms with Gasteiger partial charge in [-0.3, -0.25) is 4.79 Å². The van der Waals surface area contributed by atoms with E-state index in [4.69, 9.17) is 0 Å². The third-order valence-corrected chi connectivity index (χ3v) is 5.84. The molecular formula is C21H27N2OS+. The SMILES string of the molecule is Cc1ccsc1/C=C/C(=O)NCc1ccccc1C[NH+]1CCCCC1. The summed E-state index contributed by atoms with van der Waals surface area (Å²) in [7, 11) is 0. The molecule has 0 radical (unpaired) electrons. The average Bonchev–Trinajstić information content (AvgIpc) is 3.05. The van der Waals surface area contributed by atoms with E-state index in [1.807, 2.05) is 11.5 Å². The Morgan fingerprint density at radius 1 is 1.16 bits per heavy atom. The second-order valence-corrected chi connectivity index (χ2v) is 7.72. The lowest BCUT2D eigenvalue weighted by Crippen LogP contribution is -3.11. The zero-order valence-corrected chi connectivity index (χ0v) is 15.7. The highest BCUT2D eigenvalue weighted by atomic mass is 32.1. The highest BCUT2D eigenvalue weighted by Gasteiger charge is 2.15. The zero-order chi connectivity index (χ0) is 17.5. The van der Waals surface area contributed by atoms with Crippen molar-refractivity contribution in [2.45, 2.75) is 39.3 Å². The van der Waals surface area contributed by atoms with Crippen LogP contribution in [0.5, 0.6) is 0 Å². The number of carbonyl (C=O) groups excluding carboxylic acids is 1. The minimum atomic E-state index is -0.0343. The molecule has 1 aromatic heterocycles. The first-order valence-electron chi connectivity index (χ1n) is 9.13. The Labute approximate surface area is 154 Å². The maximum atomic E-state index is 12.1. The van der Waals surface area contributed by atoms with E-state index in [1.54, 1.807) is 22.3 Å². The van der Waals surface area contributed by atoms with Crippen molar-refractivity contribution < 1.29 is 9.69 Å². The van der Waals surface area contributed by atoms with Crippen molar-refractivity contribution in [3.05, 3.63) is 63.4 Å². The summed E-state index contributed by atoms with van der Waals surface area (Å²) in [4.78, 5) is 14.9. The van der Waals surface area contributed by atoms with Gasteiger partial charge in [0.2, 0.25) is 5.91 Å². The molecule has 1 aliphatic rings. The molecular weight excluding hydrogens is 328 g/mol. The molecule has 1 aromatic carbocycles. The van der Waals surface area contributed by atoms with Crippen molar-refractivity contribution in [1.82, 2.24) is 5.32 Å². The number of nitrogens with one attached hydrogen (secondary N) is 2. The maximum absolute atomic E-state index is 12.1. The van der Waals surface area contributed by atoms with Crippen molar-refractivity contribution in [2.75, 3.05) is 13.1 Å². The number of benzene rings is 1. The molecule has 1 aliphatic heterocycles. The Morgan fingerprint density at radius 3 is 2.64 bits per heavy atom. The summed E-state index contributed by atoms with van der Waals surface area (Å²) in [6, 6.07) is 10.6. The molecule has 0 saturated carbocycles. The molecule has 1 fully saturated rings. The summed E-state index contributed by atoms with van der Waals surface area (Å²) >= 11 is 1.66. The number of carbonyl (C=O) groups is 1. The van der Waals surface area contributed by atoms with E-state index in [0.29, 0.717) is 6.54 Å². The van der Waals surface area contributed by atoms with Crippen LogP contribution in [-0.2, 0) is 17.9 Å². The fraction of sp³-hybridized carbons (Fsp3) is 0.381. The number of thiophene rings is 1.